The van der Waals surface area contributed by atoms with Gasteiger partial charge in [0, 0.05) is 36.8 Å². The number of nitrogens with one attached hydrogen (secondary N) is 2. The Balaban J connectivity index is 1.80. The molecule has 1 aromatic heterocycles. The molecule has 24 heavy (non-hydrogen) atoms. The first-order valence-corrected chi connectivity index (χ1v) is 10.3. The van der Waals surface area contributed by atoms with E-state index in [9.17, 15) is 0 Å². The molecule has 1 unspecified atom stereocenters. The highest BCUT2D eigenvalue weighted by Gasteiger charge is 2.19. The van der Waals surface area contributed by atoms with Gasteiger partial charge in [-0.25, -0.2) is 9.98 Å². The lowest BCUT2D eigenvalue weighted by molar-refractivity contribution is 0.147. The fraction of sp³-hybridized carbons (Fsp3) is 0.778. The summed E-state index contributed by atoms with van der Waals surface area (Å²) in [5, 5.41) is 7.90. The van der Waals surface area contributed by atoms with Crippen molar-refractivity contribution in [2.75, 3.05) is 26.2 Å². The second kappa shape index (κ2) is 10.7. The predicted molar refractivity (Wildman–Crippen MR) is 104 cm³/mol. The van der Waals surface area contributed by atoms with Gasteiger partial charge in [0.05, 0.1) is 6.54 Å². The summed E-state index contributed by atoms with van der Waals surface area (Å²) in [7, 11) is 0. The number of nitrogens with zero attached hydrogens (tertiary/aromatic N) is 3. The van der Waals surface area contributed by atoms with Crippen LogP contribution in [0.4, 0.5) is 0 Å². The van der Waals surface area contributed by atoms with Gasteiger partial charge in [0.1, 0.15) is 5.01 Å². The van der Waals surface area contributed by atoms with Gasteiger partial charge in [-0.3, -0.25) is 4.90 Å². The van der Waals surface area contributed by atoms with Gasteiger partial charge in [-0.2, -0.15) is 0 Å². The van der Waals surface area contributed by atoms with E-state index >= 15 is 0 Å². The largest absolute Gasteiger partial charge is 0.357 e. The molecule has 6 heteroatoms. The number of hydrogen-bond donors (Lipinski definition) is 2. The summed E-state index contributed by atoms with van der Waals surface area (Å²) in [6, 6.07) is 0.767. The SMILES string of the molecule is CCNC(=NCc1ncc(CC)s1)NCCN1CCCCC1CC. The van der Waals surface area contributed by atoms with Gasteiger partial charge in [0.25, 0.3) is 0 Å². The van der Waals surface area contributed by atoms with Crippen molar-refractivity contribution in [2.24, 2.45) is 4.99 Å². The molecule has 2 rings (SSSR count). The van der Waals surface area contributed by atoms with E-state index in [0.29, 0.717) is 6.54 Å². The first kappa shape index (κ1) is 19.2. The zero-order chi connectivity index (χ0) is 17.2. The third-order valence-corrected chi connectivity index (χ3v) is 5.70. The molecule has 0 radical (unpaired) electrons. The third kappa shape index (κ3) is 6.06. The fourth-order valence-corrected chi connectivity index (χ4v) is 3.99. The molecule has 0 aliphatic carbocycles. The lowest BCUT2D eigenvalue weighted by Gasteiger charge is -2.35. The predicted octanol–water partition coefficient (Wildman–Crippen LogP) is 3.03. The van der Waals surface area contributed by atoms with Gasteiger partial charge >= 0.3 is 0 Å². The summed E-state index contributed by atoms with van der Waals surface area (Å²) >= 11 is 1.76. The highest BCUT2D eigenvalue weighted by atomic mass is 32.1. The molecular formula is C18H33N5S. The number of aromatic nitrogens is 1. The van der Waals surface area contributed by atoms with Crippen molar-refractivity contribution < 1.29 is 0 Å². The Morgan fingerprint density at radius 2 is 2.21 bits per heavy atom. The van der Waals surface area contributed by atoms with E-state index in [1.807, 2.05) is 6.20 Å². The first-order valence-electron chi connectivity index (χ1n) is 9.46. The molecule has 1 aliphatic heterocycles. The average Bonchev–Trinajstić information content (AvgIpc) is 3.08. The van der Waals surface area contributed by atoms with Crippen molar-refractivity contribution in [3.8, 4) is 0 Å². The molecule has 1 atom stereocenters. The number of piperidine rings is 1. The summed E-state index contributed by atoms with van der Waals surface area (Å²) in [6.45, 7) is 11.4. The van der Waals surface area contributed by atoms with Crippen LogP contribution in [0.15, 0.2) is 11.2 Å². The van der Waals surface area contributed by atoms with Crippen LogP contribution >= 0.6 is 11.3 Å². The van der Waals surface area contributed by atoms with Crippen LogP contribution in [0.1, 0.15) is 56.3 Å². The molecule has 0 bridgehead atoms. The van der Waals surface area contributed by atoms with Crippen molar-refractivity contribution in [3.63, 3.8) is 0 Å². The van der Waals surface area contributed by atoms with Crippen LogP contribution in [-0.2, 0) is 13.0 Å². The Morgan fingerprint density at radius 1 is 1.33 bits per heavy atom. The maximum Gasteiger partial charge on any atom is 0.191 e. The Bertz CT molecular complexity index is 499. The molecule has 0 amide bonds. The lowest BCUT2D eigenvalue weighted by atomic mass is 10.0. The van der Waals surface area contributed by atoms with Crippen LogP contribution in [-0.4, -0.2) is 48.1 Å². The van der Waals surface area contributed by atoms with Gasteiger partial charge in [-0.1, -0.05) is 20.3 Å². The molecule has 1 saturated heterocycles. The molecule has 0 aromatic carbocycles. The Kier molecular flexibility index (Phi) is 8.53. The van der Waals surface area contributed by atoms with Crippen molar-refractivity contribution in [1.29, 1.82) is 0 Å². The third-order valence-electron chi connectivity index (χ3n) is 4.58. The van der Waals surface area contributed by atoms with E-state index < -0.39 is 0 Å². The quantitative estimate of drug-likeness (QED) is 0.558. The van der Waals surface area contributed by atoms with E-state index in [2.05, 4.69) is 46.3 Å². The zero-order valence-corrected chi connectivity index (χ0v) is 16.3. The number of aliphatic imine (C=N–C) groups is 1. The normalized spacial score (nSPS) is 19.5. The van der Waals surface area contributed by atoms with Crippen molar-refractivity contribution in [1.82, 2.24) is 20.5 Å². The van der Waals surface area contributed by atoms with Gasteiger partial charge in [-0.15, -0.1) is 11.3 Å². The molecule has 5 nitrogen and oxygen atoms in total. The average molecular weight is 352 g/mol. The summed E-state index contributed by atoms with van der Waals surface area (Å²) in [5.74, 6) is 0.899. The number of rotatable bonds is 8. The highest BCUT2D eigenvalue weighted by Crippen LogP contribution is 2.18. The smallest absolute Gasteiger partial charge is 0.191 e. The summed E-state index contributed by atoms with van der Waals surface area (Å²) in [6.07, 6.45) is 8.37. The number of guanidine groups is 1. The molecule has 2 heterocycles. The van der Waals surface area contributed by atoms with E-state index in [-0.39, 0.29) is 0 Å². The minimum atomic E-state index is 0.654. The van der Waals surface area contributed by atoms with E-state index in [0.717, 1.165) is 43.1 Å². The fourth-order valence-electron chi connectivity index (χ4n) is 3.21. The number of aryl methyl sites for hydroxylation is 1. The topological polar surface area (TPSA) is 52.6 Å². The van der Waals surface area contributed by atoms with Gasteiger partial charge in [0.15, 0.2) is 5.96 Å². The van der Waals surface area contributed by atoms with Crippen LogP contribution in [0.3, 0.4) is 0 Å². The van der Waals surface area contributed by atoms with Crippen molar-refractivity contribution >= 4 is 17.3 Å². The second-order valence-corrected chi connectivity index (χ2v) is 7.49. The zero-order valence-electron chi connectivity index (χ0n) is 15.5. The van der Waals surface area contributed by atoms with E-state index in [1.54, 1.807) is 11.3 Å². The van der Waals surface area contributed by atoms with Crippen LogP contribution in [0.5, 0.6) is 0 Å². The molecule has 2 N–H and O–H groups in total. The van der Waals surface area contributed by atoms with Crippen molar-refractivity contribution in [3.05, 3.63) is 16.1 Å². The van der Waals surface area contributed by atoms with Crippen LogP contribution in [0, 0.1) is 0 Å². The number of hydrogen-bond acceptors (Lipinski definition) is 4. The monoisotopic (exact) mass is 351 g/mol. The number of thiazole rings is 1. The summed E-state index contributed by atoms with van der Waals surface area (Å²) in [5.41, 5.74) is 0. The van der Waals surface area contributed by atoms with Crippen LogP contribution in [0.25, 0.3) is 0 Å². The maximum atomic E-state index is 4.68. The van der Waals surface area contributed by atoms with Gasteiger partial charge in [0.2, 0.25) is 0 Å². The van der Waals surface area contributed by atoms with E-state index in [1.165, 1.54) is 37.1 Å². The minimum absolute atomic E-state index is 0.654. The minimum Gasteiger partial charge on any atom is -0.357 e. The molecule has 0 saturated carbocycles. The molecule has 1 fully saturated rings. The van der Waals surface area contributed by atoms with E-state index in [4.69, 9.17) is 0 Å². The van der Waals surface area contributed by atoms with Crippen LogP contribution < -0.4 is 10.6 Å². The van der Waals surface area contributed by atoms with Gasteiger partial charge in [-0.05, 0) is 39.2 Å². The molecule has 1 aromatic rings. The molecule has 1 aliphatic rings. The Morgan fingerprint density at radius 3 is 2.92 bits per heavy atom. The molecular weight excluding hydrogens is 318 g/mol. The van der Waals surface area contributed by atoms with Gasteiger partial charge < -0.3 is 10.6 Å². The van der Waals surface area contributed by atoms with Crippen molar-refractivity contribution in [2.45, 2.75) is 65.5 Å². The Labute approximate surface area is 151 Å². The number of likely N-dealkylation sites (tertiary alicyclic amines) is 1. The first-order chi connectivity index (χ1) is 11.8. The lowest BCUT2D eigenvalue weighted by Crippen LogP contribution is -2.45. The molecule has 136 valence electrons. The summed E-state index contributed by atoms with van der Waals surface area (Å²) in [4.78, 5) is 13.1. The second-order valence-electron chi connectivity index (χ2n) is 6.29. The highest BCUT2D eigenvalue weighted by molar-refractivity contribution is 7.11. The standard InChI is InChI=1S/C18H33N5S/c1-4-15-9-7-8-11-23(15)12-10-20-18(19-6-3)22-14-17-21-13-16(5-2)24-17/h13,15H,4-12,14H2,1-3H3,(H2,19,20,22). The summed E-state index contributed by atoms with van der Waals surface area (Å²) < 4.78 is 0. The molecule has 0 spiro atoms. The maximum absolute atomic E-state index is 4.68. The van der Waals surface area contributed by atoms with Crippen LogP contribution in [0.2, 0.25) is 0 Å². The Hall–Kier alpha value is -1.14.